The van der Waals surface area contributed by atoms with E-state index in [0.29, 0.717) is 5.39 Å². The van der Waals surface area contributed by atoms with Crippen LogP contribution in [-0.2, 0) is 0 Å². The molecule has 0 saturated carbocycles. The number of hydrogen-bond acceptors (Lipinski definition) is 2. The number of nitrogens with zero attached hydrogens (tertiary/aromatic N) is 2. The highest BCUT2D eigenvalue weighted by Gasteiger charge is 2.19. The van der Waals surface area contributed by atoms with Gasteiger partial charge in [0.15, 0.2) is 5.82 Å². The number of hydrogen-bond donors (Lipinski definition) is 1. The molecule has 0 aliphatic rings. The number of quaternary nitrogens is 1. The fourth-order valence-corrected chi connectivity index (χ4v) is 2.89. The number of para-hydroxylation sites is 1. The zero-order valence-corrected chi connectivity index (χ0v) is 14.0. The van der Waals surface area contributed by atoms with Gasteiger partial charge in [-0.1, -0.05) is 29.8 Å². The molecule has 1 atom stereocenters. The van der Waals surface area contributed by atoms with Crippen molar-refractivity contribution in [1.82, 2.24) is 9.55 Å². The Bertz CT molecular complexity index is 928. The second kappa shape index (κ2) is 5.97. The quantitative estimate of drug-likeness (QED) is 0.807. The van der Waals surface area contributed by atoms with Crippen LogP contribution in [0.4, 0.5) is 0 Å². The van der Waals surface area contributed by atoms with E-state index in [2.05, 4.69) is 25.2 Å². The summed E-state index contributed by atoms with van der Waals surface area (Å²) in [5, 5.41) is 2.72. The van der Waals surface area contributed by atoms with Crippen molar-refractivity contribution >= 4 is 10.9 Å². The average molecular weight is 308 g/mol. The van der Waals surface area contributed by atoms with Gasteiger partial charge in [-0.25, -0.2) is 4.98 Å². The Morgan fingerprint density at radius 3 is 2.57 bits per heavy atom. The van der Waals surface area contributed by atoms with E-state index < -0.39 is 0 Å². The van der Waals surface area contributed by atoms with Gasteiger partial charge in [0.1, 0.15) is 6.04 Å². The first-order valence-corrected chi connectivity index (χ1v) is 7.91. The Morgan fingerprint density at radius 1 is 1.13 bits per heavy atom. The topological polar surface area (TPSA) is 51.5 Å². The van der Waals surface area contributed by atoms with Gasteiger partial charge in [-0.2, -0.15) is 0 Å². The Balaban J connectivity index is 2.42. The molecule has 0 fully saturated rings. The summed E-state index contributed by atoms with van der Waals surface area (Å²) in [6.45, 7) is 6.16. The van der Waals surface area contributed by atoms with Crippen molar-refractivity contribution in [1.29, 1.82) is 0 Å². The van der Waals surface area contributed by atoms with Gasteiger partial charge < -0.3 is 5.32 Å². The predicted octanol–water partition coefficient (Wildman–Crippen LogP) is 2.26. The molecule has 0 spiro atoms. The monoisotopic (exact) mass is 308 g/mol. The number of fused-ring (bicyclic) bond motifs is 1. The van der Waals surface area contributed by atoms with E-state index in [1.165, 1.54) is 5.56 Å². The molecule has 1 heterocycles. The summed E-state index contributed by atoms with van der Waals surface area (Å²) in [4.78, 5) is 17.9. The molecule has 2 aromatic carbocycles. The summed E-state index contributed by atoms with van der Waals surface area (Å²) in [7, 11) is 2.00. The van der Waals surface area contributed by atoms with Gasteiger partial charge in [0.2, 0.25) is 0 Å². The maximum atomic E-state index is 13.1. The van der Waals surface area contributed by atoms with Gasteiger partial charge in [0.05, 0.1) is 23.6 Å². The summed E-state index contributed by atoms with van der Waals surface area (Å²) < 4.78 is 1.77. The number of aromatic nitrogens is 2. The summed E-state index contributed by atoms with van der Waals surface area (Å²) >= 11 is 0. The molecule has 0 amide bonds. The number of aryl methyl sites for hydroxylation is 2. The average Bonchev–Trinajstić information content (AvgIpc) is 2.55. The summed E-state index contributed by atoms with van der Waals surface area (Å²) in [6.07, 6.45) is 0. The van der Waals surface area contributed by atoms with Gasteiger partial charge in [-0.3, -0.25) is 9.36 Å². The highest BCUT2D eigenvalue weighted by atomic mass is 16.1. The van der Waals surface area contributed by atoms with Gasteiger partial charge in [0.25, 0.3) is 5.56 Å². The van der Waals surface area contributed by atoms with Gasteiger partial charge >= 0.3 is 0 Å². The van der Waals surface area contributed by atoms with Crippen LogP contribution in [0.5, 0.6) is 0 Å². The fraction of sp³-hybridized carbons (Fsp3) is 0.263. The maximum absolute atomic E-state index is 13.1. The molecule has 2 N–H and O–H groups in total. The second-order valence-electron chi connectivity index (χ2n) is 6.04. The van der Waals surface area contributed by atoms with E-state index >= 15 is 0 Å². The van der Waals surface area contributed by atoms with Crippen LogP contribution in [0.15, 0.2) is 47.3 Å². The Morgan fingerprint density at radius 2 is 1.87 bits per heavy atom. The molecular weight excluding hydrogens is 286 g/mol. The predicted molar refractivity (Wildman–Crippen MR) is 93.1 cm³/mol. The van der Waals surface area contributed by atoms with Crippen LogP contribution in [0, 0.1) is 13.8 Å². The molecule has 4 nitrogen and oxygen atoms in total. The zero-order chi connectivity index (χ0) is 16.6. The number of rotatable bonds is 3. The van der Waals surface area contributed by atoms with Gasteiger partial charge in [-0.05, 0) is 44.5 Å². The Labute approximate surface area is 135 Å². The van der Waals surface area contributed by atoms with E-state index in [-0.39, 0.29) is 11.6 Å². The normalized spacial score (nSPS) is 12.5. The van der Waals surface area contributed by atoms with Crippen LogP contribution in [0.1, 0.15) is 29.9 Å². The van der Waals surface area contributed by atoms with Crippen LogP contribution in [0.25, 0.3) is 16.6 Å². The van der Waals surface area contributed by atoms with Gasteiger partial charge in [-0.15, -0.1) is 0 Å². The van der Waals surface area contributed by atoms with Crippen LogP contribution < -0.4 is 10.9 Å². The smallest absolute Gasteiger partial charge is 0.266 e. The second-order valence-corrected chi connectivity index (χ2v) is 6.04. The third-order valence-electron chi connectivity index (χ3n) is 4.30. The third kappa shape index (κ3) is 2.66. The lowest BCUT2D eigenvalue weighted by Gasteiger charge is -2.18. The molecule has 0 saturated heterocycles. The minimum absolute atomic E-state index is 0.00810. The fourth-order valence-electron chi connectivity index (χ4n) is 2.89. The summed E-state index contributed by atoms with van der Waals surface area (Å²) in [5.41, 5.74) is 3.91. The molecule has 23 heavy (non-hydrogen) atoms. The molecule has 0 bridgehead atoms. The van der Waals surface area contributed by atoms with Crippen molar-refractivity contribution in [3.8, 4) is 5.69 Å². The maximum Gasteiger partial charge on any atom is 0.266 e. The van der Waals surface area contributed by atoms with Crippen LogP contribution >= 0.6 is 0 Å². The first-order chi connectivity index (χ1) is 11.0. The molecule has 3 rings (SSSR count). The van der Waals surface area contributed by atoms with Crippen LogP contribution in [0.2, 0.25) is 0 Å². The first-order valence-electron chi connectivity index (χ1n) is 7.91. The van der Waals surface area contributed by atoms with Crippen molar-refractivity contribution in [3.63, 3.8) is 0 Å². The minimum atomic E-state index is -0.00810. The van der Waals surface area contributed by atoms with Crippen molar-refractivity contribution in [2.24, 2.45) is 0 Å². The Hall–Kier alpha value is -2.46. The lowest BCUT2D eigenvalue weighted by molar-refractivity contribution is -0.668. The zero-order valence-electron chi connectivity index (χ0n) is 14.0. The SMILES string of the molecule is C[NH2+][C@@H](C)c1nc2ccccc2c(=O)n1-c1ccc(C)cc1C. The molecule has 0 aliphatic carbocycles. The lowest BCUT2D eigenvalue weighted by Crippen LogP contribution is -2.80. The van der Waals surface area contributed by atoms with E-state index in [9.17, 15) is 4.79 Å². The molecule has 1 aromatic heterocycles. The molecule has 118 valence electrons. The van der Waals surface area contributed by atoms with Crippen molar-refractivity contribution in [2.75, 3.05) is 7.05 Å². The lowest BCUT2D eigenvalue weighted by atomic mass is 10.1. The van der Waals surface area contributed by atoms with Crippen molar-refractivity contribution in [2.45, 2.75) is 26.8 Å². The van der Waals surface area contributed by atoms with Crippen LogP contribution in [-0.4, -0.2) is 16.6 Å². The summed E-state index contributed by atoms with van der Waals surface area (Å²) in [5.74, 6) is 0.781. The first kappa shape index (κ1) is 15.4. The standard InChI is InChI=1S/C19H21N3O/c1-12-9-10-17(13(2)11-12)22-18(14(3)20-4)21-16-8-6-5-7-15(16)19(22)23/h5-11,14,20H,1-4H3/p+1/t14-/m0/s1. The highest BCUT2D eigenvalue weighted by molar-refractivity contribution is 5.78. The molecule has 4 heteroatoms. The highest BCUT2D eigenvalue weighted by Crippen LogP contribution is 2.19. The molecule has 3 aromatic rings. The van der Waals surface area contributed by atoms with E-state index in [1.54, 1.807) is 4.57 Å². The van der Waals surface area contributed by atoms with E-state index in [4.69, 9.17) is 4.98 Å². The molecule has 0 aliphatic heterocycles. The van der Waals surface area contributed by atoms with Crippen LogP contribution in [0.3, 0.4) is 0 Å². The number of nitrogens with two attached hydrogens (primary N) is 1. The van der Waals surface area contributed by atoms with Crippen molar-refractivity contribution in [3.05, 3.63) is 69.8 Å². The van der Waals surface area contributed by atoms with Gasteiger partial charge in [0, 0.05) is 0 Å². The largest absolute Gasteiger partial charge is 0.340 e. The number of benzene rings is 2. The molecule has 0 radical (unpaired) electrons. The minimum Gasteiger partial charge on any atom is -0.340 e. The summed E-state index contributed by atoms with van der Waals surface area (Å²) in [6, 6.07) is 13.8. The molecule has 0 unspecified atom stereocenters. The third-order valence-corrected chi connectivity index (χ3v) is 4.30. The van der Waals surface area contributed by atoms with E-state index in [1.807, 2.05) is 50.4 Å². The van der Waals surface area contributed by atoms with E-state index in [0.717, 1.165) is 22.6 Å². The van der Waals surface area contributed by atoms with Crippen molar-refractivity contribution < 1.29 is 5.32 Å². The molecular formula is C19H22N3O+. The Kier molecular flexibility index (Phi) is 4.01.